The Hall–Kier alpha value is -2.34. The number of benzene rings is 1. The fourth-order valence-corrected chi connectivity index (χ4v) is 2.25. The number of nitrogens with zero attached hydrogens (tertiary/aromatic N) is 2. The molecule has 0 aliphatic rings. The van der Waals surface area contributed by atoms with E-state index in [0.717, 1.165) is 11.4 Å². The van der Waals surface area contributed by atoms with Crippen LogP contribution in [0.2, 0.25) is 5.02 Å². The minimum atomic E-state index is -0.175. The largest absolute Gasteiger partial charge is 0.356 e. The van der Waals surface area contributed by atoms with Gasteiger partial charge >= 0.3 is 0 Å². The molecule has 2 N–H and O–H groups in total. The first-order valence-corrected chi connectivity index (χ1v) is 7.70. The average Bonchev–Trinajstić information content (AvgIpc) is 2.89. The highest BCUT2D eigenvalue weighted by molar-refractivity contribution is 6.30. The number of carbonyl (C=O) groups is 2. The quantitative estimate of drug-likeness (QED) is 0.794. The predicted molar refractivity (Wildman–Crippen MR) is 88.9 cm³/mol. The first kappa shape index (κ1) is 17.0. The van der Waals surface area contributed by atoms with Crippen molar-refractivity contribution in [3.05, 3.63) is 46.7 Å². The molecule has 0 atom stereocenters. The van der Waals surface area contributed by atoms with E-state index >= 15 is 0 Å². The number of hydrogen-bond acceptors (Lipinski definition) is 3. The normalized spacial score (nSPS) is 10.4. The van der Waals surface area contributed by atoms with Crippen molar-refractivity contribution in [2.45, 2.75) is 20.3 Å². The highest BCUT2D eigenvalue weighted by atomic mass is 35.5. The summed E-state index contributed by atoms with van der Waals surface area (Å²) in [7, 11) is 0. The fourth-order valence-electron chi connectivity index (χ4n) is 2.13. The molecule has 1 heterocycles. The van der Waals surface area contributed by atoms with Crippen LogP contribution in [0.25, 0.3) is 5.69 Å². The predicted octanol–water partition coefficient (Wildman–Crippen LogP) is 2.09. The third-order valence-electron chi connectivity index (χ3n) is 3.34. The number of carbonyl (C=O) groups excluding carboxylic acids is 2. The molecule has 23 heavy (non-hydrogen) atoms. The number of nitrogens with one attached hydrogen (secondary N) is 2. The van der Waals surface area contributed by atoms with Crippen molar-refractivity contribution < 1.29 is 9.59 Å². The van der Waals surface area contributed by atoms with Crippen molar-refractivity contribution in [1.29, 1.82) is 0 Å². The summed E-state index contributed by atoms with van der Waals surface area (Å²) in [6.07, 6.45) is 2.22. The highest BCUT2D eigenvalue weighted by Gasteiger charge is 2.14. The molecular weight excluding hydrogens is 316 g/mol. The van der Waals surface area contributed by atoms with Gasteiger partial charge in [0.15, 0.2) is 0 Å². The van der Waals surface area contributed by atoms with Crippen molar-refractivity contribution in [2.24, 2.45) is 0 Å². The van der Waals surface area contributed by atoms with Gasteiger partial charge in [-0.05, 0) is 37.6 Å². The molecule has 2 aromatic rings. The van der Waals surface area contributed by atoms with E-state index in [1.807, 2.05) is 19.1 Å². The van der Waals surface area contributed by atoms with Crippen LogP contribution in [0.5, 0.6) is 0 Å². The number of rotatable bonds is 6. The molecule has 0 aliphatic carbocycles. The first-order chi connectivity index (χ1) is 11.0. The van der Waals surface area contributed by atoms with Gasteiger partial charge in [0.1, 0.15) is 0 Å². The minimum absolute atomic E-state index is 0.0728. The van der Waals surface area contributed by atoms with E-state index in [0.29, 0.717) is 30.1 Å². The molecule has 0 saturated heterocycles. The second-order valence-electron chi connectivity index (χ2n) is 5.12. The Labute approximate surface area is 139 Å². The summed E-state index contributed by atoms with van der Waals surface area (Å²) in [4.78, 5) is 22.9. The van der Waals surface area contributed by atoms with E-state index in [9.17, 15) is 9.59 Å². The monoisotopic (exact) mass is 334 g/mol. The average molecular weight is 335 g/mol. The lowest BCUT2D eigenvalue weighted by atomic mass is 10.2. The summed E-state index contributed by atoms with van der Waals surface area (Å²) in [5.41, 5.74) is 2.13. The smallest absolute Gasteiger partial charge is 0.254 e. The second-order valence-corrected chi connectivity index (χ2v) is 5.56. The lowest BCUT2D eigenvalue weighted by Crippen LogP contribution is -2.29. The molecule has 6 nitrogen and oxygen atoms in total. The van der Waals surface area contributed by atoms with Gasteiger partial charge in [-0.2, -0.15) is 5.10 Å². The third kappa shape index (κ3) is 4.56. The standard InChI is InChI=1S/C16H19ClN4O2/c1-11-15(16(23)19-9-3-8-18-12(2)22)10-20-21(11)14-6-4-13(17)5-7-14/h4-7,10H,3,8-9H2,1-2H3,(H,18,22)(H,19,23). The molecular formula is C16H19ClN4O2. The molecule has 0 radical (unpaired) electrons. The van der Waals surface area contributed by atoms with Crippen LogP contribution in [0, 0.1) is 6.92 Å². The van der Waals surface area contributed by atoms with Crippen LogP contribution in [0.1, 0.15) is 29.4 Å². The minimum Gasteiger partial charge on any atom is -0.356 e. The highest BCUT2D eigenvalue weighted by Crippen LogP contribution is 2.16. The van der Waals surface area contributed by atoms with E-state index in [1.54, 1.807) is 23.0 Å². The van der Waals surface area contributed by atoms with Crippen molar-refractivity contribution in [3.8, 4) is 5.69 Å². The molecule has 2 amide bonds. The number of aromatic nitrogens is 2. The lowest BCUT2D eigenvalue weighted by molar-refractivity contribution is -0.118. The number of amides is 2. The van der Waals surface area contributed by atoms with Gasteiger partial charge in [0.2, 0.25) is 5.91 Å². The Balaban J connectivity index is 1.97. The zero-order valence-corrected chi connectivity index (χ0v) is 13.9. The Morgan fingerprint density at radius 3 is 2.48 bits per heavy atom. The van der Waals surface area contributed by atoms with E-state index in [-0.39, 0.29) is 11.8 Å². The molecule has 0 bridgehead atoms. The van der Waals surface area contributed by atoms with Gasteiger partial charge in [0.05, 0.1) is 23.1 Å². The van der Waals surface area contributed by atoms with Crippen molar-refractivity contribution >= 4 is 23.4 Å². The second kappa shape index (κ2) is 7.78. The van der Waals surface area contributed by atoms with E-state index in [1.165, 1.54) is 6.92 Å². The Morgan fingerprint density at radius 2 is 1.83 bits per heavy atom. The molecule has 1 aromatic carbocycles. The van der Waals surface area contributed by atoms with Gasteiger partial charge in [-0.25, -0.2) is 4.68 Å². The SMILES string of the molecule is CC(=O)NCCCNC(=O)c1cnn(-c2ccc(Cl)cc2)c1C. The van der Waals surface area contributed by atoms with Crippen molar-refractivity contribution in [3.63, 3.8) is 0 Å². The van der Waals surface area contributed by atoms with E-state index in [4.69, 9.17) is 11.6 Å². The Morgan fingerprint density at radius 1 is 1.17 bits per heavy atom. The van der Waals surface area contributed by atoms with Crippen LogP contribution in [0.3, 0.4) is 0 Å². The molecule has 0 unspecified atom stereocenters. The molecule has 0 aliphatic heterocycles. The maximum atomic E-state index is 12.2. The molecule has 0 saturated carbocycles. The van der Waals surface area contributed by atoms with Crippen LogP contribution in [-0.2, 0) is 4.79 Å². The van der Waals surface area contributed by atoms with Gasteiger partial charge in [0.25, 0.3) is 5.91 Å². The maximum Gasteiger partial charge on any atom is 0.254 e. The first-order valence-electron chi connectivity index (χ1n) is 7.32. The summed E-state index contributed by atoms with van der Waals surface area (Å²) in [5, 5.41) is 10.4. The zero-order valence-electron chi connectivity index (χ0n) is 13.1. The topological polar surface area (TPSA) is 76.0 Å². The van der Waals surface area contributed by atoms with Gasteiger partial charge in [-0.15, -0.1) is 0 Å². The van der Waals surface area contributed by atoms with Crippen molar-refractivity contribution in [2.75, 3.05) is 13.1 Å². The maximum absolute atomic E-state index is 12.2. The van der Waals surface area contributed by atoms with Gasteiger partial charge < -0.3 is 10.6 Å². The van der Waals surface area contributed by atoms with Crippen molar-refractivity contribution in [1.82, 2.24) is 20.4 Å². The molecule has 0 spiro atoms. The Kier molecular flexibility index (Phi) is 5.76. The summed E-state index contributed by atoms with van der Waals surface area (Å²) in [5.74, 6) is -0.248. The molecule has 7 heteroatoms. The fraction of sp³-hybridized carbons (Fsp3) is 0.312. The summed E-state index contributed by atoms with van der Waals surface area (Å²) < 4.78 is 1.70. The summed E-state index contributed by atoms with van der Waals surface area (Å²) in [6.45, 7) is 4.34. The van der Waals surface area contributed by atoms with E-state index in [2.05, 4.69) is 15.7 Å². The van der Waals surface area contributed by atoms with Crippen LogP contribution in [0.4, 0.5) is 0 Å². The van der Waals surface area contributed by atoms with Crippen LogP contribution < -0.4 is 10.6 Å². The van der Waals surface area contributed by atoms with Gasteiger partial charge in [0, 0.05) is 25.0 Å². The number of hydrogen-bond donors (Lipinski definition) is 2. The molecule has 122 valence electrons. The van der Waals surface area contributed by atoms with Gasteiger partial charge in [-0.1, -0.05) is 11.6 Å². The van der Waals surface area contributed by atoms with Crippen LogP contribution >= 0.6 is 11.6 Å². The third-order valence-corrected chi connectivity index (χ3v) is 3.59. The Bertz CT molecular complexity index is 695. The van der Waals surface area contributed by atoms with E-state index < -0.39 is 0 Å². The summed E-state index contributed by atoms with van der Waals surface area (Å²) >= 11 is 5.88. The zero-order chi connectivity index (χ0) is 16.8. The molecule has 2 rings (SSSR count). The van der Waals surface area contributed by atoms with Gasteiger partial charge in [-0.3, -0.25) is 9.59 Å². The molecule has 1 aromatic heterocycles. The molecule has 0 fully saturated rings. The summed E-state index contributed by atoms with van der Waals surface area (Å²) in [6, 6.07) is 7.24. The van der Waals surface area contributed by atoms with Crippen LogP contribution in [0.15, 0.2) is 30.5 Å². The number of halogens is 1. The lowest BCUT2D eigenvalue weighted by Gasteiger charge is -2.07. The van der Waals surface area contributed by atoms with Crippen LogP contribution in [-0.4, -0.2) is 34.7 Å².